The van der Waals surface area contributed by atoms with E-state index in [2.05, 4.69) is 0 Å². The molecular weight excluding hydrogens is 272 g/mol. The highest BCUT2D eigenvalue weighted by Gasteiger charge is 2.12. The Balaban J connectivity index is 2.11. The van der Waals surface area contributed by atoms with E-state index >= 15 is 0 Å². The number of carbonyl (C=O) groups excluding carboxylic acids is 1. The predicted molar refractivity (Wildman–Crippen MR) is 82.8 cm³/mol. The van der Waals surface area contributed by atoms with Crippen molar-refractivity contribution in [2.75, 3.05) is 12.8 Å². The van der Waals surface area contributed by atoms with Crippen LogP contribution < -0.4 is 5.73 Å². The van der Waals surface area contributed by atoms with Gasteiger partial charge in [-0.25, -0.2) is 0 Å². The van der Waals surface area contributed by atoms with Crippen LogP contribution >= 0.6 is 11.6 Å². The van der Waals surface area contributed by atoms with Crippen molar-refractivity contribution in [2.45, 2.75) is 13.5 Å². The van der Waals surface area contributed by atoms with E-state index in [1.165, 1.54) is 0 Å². The summed E-state index contributed by atoms with van der Waals surface area (Å²) in [4.78, 5) is 14.0. The van der Waals surface area contributed by atoms with Crippen LogP contribution in [0.25, 0.3) is 0 Å². The van der Waals surface area contributed by atoms with Crippen LogP contribution in [0, 0.1) is 6.92 Å². The zero-order chi connectivity index (χ0) is 14.7. The van der Waals surface area contributed by atoms with E-state index < -0.39 is 0 Å². The Morgan fingerprint density at radius 1 is 1.20 bits per heavy atom. The first-order valence-corrected chi connectivity index (χ1v) is 6.71. The van der Waals surface area contributed by atoms with Crippen LogP contribution in [0.15, 0.2) is 42.5 Å². The van der Waals surface area contributed by atoms with Gasteiger partial charge in [-0.15, -0.1) is 0 Å². The Hall–Kier alpha value is -2.00. The molecule has 0 atom stereocenters. The van der Waals surface area contributed by atoms with Gasteiger partial charge in [-0.2, -0.15) is 0 Å². The summed E-state index contributed by atoms with van der Waals surface area (Å²) in [6.07, 6.45) is 0. The quantitative estimate of drug-likeness (QED) is 0.879. The van der Waals surface area contributed by atoms with Crippen molar-refractivity contribution in [1.82, 2.24) is 4.90 Å². The zero-order valence-corrected chi connectivity index (χ0v) is 12.3. The van der Waals surface area contributed by atoms with E-state index in [0.29, 0.717) is 22.8 Å². The van der Waals surface area contributed by atoms with Gasteiger partial charge in [0, 0.05) is 29.9 Å². The van der Waals surface area contributed by atoms with E-state index in [4.69, 9.17) is 17.3 Å². The molecule has 0 radical (unpaired) electrons. The third kappa shape index (κ3) is 3.31. The van der Waals surface area contributed by atoms with Gasteiger partial charge < -0.3 is 10.6 Å². The molecule has 0 aliphatic rings. The Kier molecular flexibility index (Phi) is 4.30. The number of hydrogen-bond acceptors (Lipinski definition) is 2. The third-order valence-electron chi connectivity index (χ3n) is 3.20. The number of rotatable bonds is 3. The fraction of sp³-hybridized carbons (Fsp3) is 0.188. The lowest BCUT2D eigenvalue weighted by molar-refractivity contribution is 0.0785. The maximum absolute atomic E-state index is 12.3. The average molecular weight is 289 g/mol. The molecular formula is C16H17ClN2O. The highest BCUT2D eigenvalue weighted by molar-refractivity contribution is 6.30. The van der Waals surface area contributed by atoms with Gasteiger partial charge in [0.15, 0.2) is 0 Å². The molecule has 0 heterocycles. The third-order valence-corrected chi connectivity index (χ3v) is 3.45. The first-order valence-electron chi connectivity index (χ1n) is 6.33. The minimum atomic E-state index is -0.0250. The first kappa shape index (κ1) is 14.4. The molecule has 2 N–H and O–H groups in total. The number of anilines is 1. The molecule has 1 amide bonds. The molecule has 4 heteroatoms. The first-order chi connectivity index (χ1) is 9.47. The lowest BCUT2D eigenvalue weighted by atomic mass is 10.1. The number of nitrogens with two attached hydrogens (primary N) is 1. The Morgan fingerprint density at radius 2 is 1.85 bits per heavy atom. The standard InChI is InChI=1S/C16H17ClN2O/c1-11-9-13(5-8-15(11)18)16(20)19(2)10-12-3-6-14(17)7-4-12/h3-9H,10,18H2,1-2H3. The largest absolute Gasteiger partial charge is 0.399 e. The predicted octanol–water partition coefficient (Wildman–Crippen LogP) is 3.50. The molecule has 3 nitrogen and oxygen atoms in total. The van der Waals surface area contributed by atoms with Crippen molar-refractivity contribution in [2.24, 2.45) is 0 Å². The summed E-state index contributed by atoms with van der Waals surface area (Å²) < 4.78 is 0. The molecule has 2 rings (SSSR count). The SMILES string of the molecule is Cc1cc(C(=O)N(C)Cc2ccc(Cl)cc2)ccc1N. The number of halogens is 1. The molecule has 0 unspecified atom stereocenters. The van der Waals surface area contributed by atoms with Crippen molar-refractivity contribution >= 4 is 23.2 Å². The fourth-order valence-corrected chi connectivity index (χ4v) is 2.09. The second-order valence-electron chi connectivity index (χ2n) is 4.86. The van der Waals surface area contributed by atoms with Crippen molar-refractivity contribution in [3.63, 3.8) is 0 Å². The monoisotopic (exact) mass is 288 g/mol. The molecule has 20 heavy (non-hydrogen) atoms. The van der Waals surface area contributed by atoms with E-state index in [9.17, 15) is 4.79 Å². The summed E-state index contributed by atoms with van der Waals surface area (Å²) in [7, 11) is 1.78. The van der Waals surface area contributed by atoms with Crippen LogP contribution in [0.1, 0.15) is 21.5 Å². The summed E-state index contributed by atoms with van der Waals surface area (Å²) in [6.45, 7) is 2.44. The summed E-state index contributed by atoms with van der Waals surface area (Å²) in [5.41, 5.74) is 9.06. The van der Waals surface area contributed by atoms with Crippen LogP contribution in [0.2, 0.25) is 5.02 Å². The lowest BCUT2D eigenvalue weighted by Gasteiger charge is -2.18. The molecule has 104 valence electrons. The second kappa shape index (κ2) is 5.97. The van der Waals surface area contributed by atoms with Crippen LogP contribution in [0.3, 0.4) is 0 Å². The molecule has 0 aliphatic heterocycles. The summed E-state index contributed by atoms with van der Waals surface area (Å²) in [6, 6.07) is 12.8. The summed E-state index contributed by atoms with van der Waals surface area (Å²) in [5, 5.41) is 0.692. The zero-order valence-electron chi connectivity index (χ0n) is 11.6. The maximum atomic E-state index is 12.3. The maximum Gasteiger partial charge on any atom is 0.253 e. The molecule has 0 aliphatic carbocycles. The van der Waals surface area contributed by atoms with Crippen molar-refractivity contribution in [3.05, 3.63) is 64.2 Å². The van der Waals surface area contributed by atoms with Gasteiger partial charge in [0.1, 0.15) is 0 Å². The Labute approximate surface area is 124 Å². The van der Waals surface area contributed by atoms with Crippen LogP contribution in [-0.4, -0.2) is 17.9 Å². The van der Waals surface area contributed by atoms with Crippen LogP contribution in [0.4, 0.5) is 5.69 Å². The van der Waals surface area contributed by atoms with E-state index in [1.807, 2.05) is 37.3 Å². The van der Waals surface area contributed by atoms with Gasteiger partial charge in [-0.3, -0.25) is 4.79 Å². The number of nitrogens with zero attached hydrogens (tertiary/aromatic N) is 1. The summed E-state index contributed by atoms with van der Waals surface area (Å²) in [5.74, 6) is -0.0250. The fourth-order valence-electron chi connectivity index (χ4n) is 1.96. The number of aryl methyl sites for hydroxylation is 1. The molecule has 0 spiro atoms. The lowest BCUT2D eigenvalue weighted by Crippen LogP contribution is -2.26. The van der Waals surface area contributed by atoms with Crippen LogP contribution in [-0.2, 0) is 6.54 Å². The normalized spacial score (nSPS) is 10.3. The van der Waals surface area contributed by atoms with Gasteiger partial charge in [-0.1, -0.05) is 23.7 Å². The van der Waals surface area contributed by atoms with Crippen molar-refractivity contribution in [1.29, 1.82) is 0 Å². The number of hydrogen-bond donors (Lipinski definition) is 1. The minimum absolute atomic E-state index is 0.0250. The number of benzene rings is 2. The second-order valence-corrected chi connectivity index (χ2v) is 5.30. The van der Waals surface area contributed by atoms with E-state index in [0.717, 1.165) is 11.1 Å². The topological polar surface area (TPSA) is 46.3 Å². The molecule has 2 aromatic rings. The number of nitrogen functional groups attached to an aromatic ring is 1. The van der Waals surface area contributed by atoms with Crippen molar-refractivity contribution < 1.29 is 4.79 Å². The number of amides is 1. The minimum Gasteiger partial charge on any atom is -0.399 e. The highest BCUT2D eigenvalue weighted by atomic mass is 35.5. The van der Waals surface area contributed by atoms with Gasteiger partial charge >= 0.3 is 0 Å². The molecule has 2 aromatic carbocycles. The smallest absolute Gasteiger partial charge is 0.253 e. The number of carbonyl (C=O) groups is 1. The Bertz CT molecular complexity index is 623. The molecule has 0 fully saturated rings. The molecule has 0 aromatic heterocycles. The van der Waals surface area contributed by atoms with Crippen molar-refractivity contribution in [3.8, 4) is 0 Å². The average Bonchev–Trinajstić information content (AvgIpc) is 2.43. The van der Waals surface area contributed by atoms with Gasteiger partial charge in [0.25, 0.3) is 5.91 Å². The highest BCUT2D eigenvalue weighted by Crippen LogP contribution is 2.16. The molecule has 0 saturated carbocycles. The van der Waals surface area contributed by atoms with Gasteiger partial charge in [0.2, 0.25) is 0 Å². The Morgan fingerprint density at radius 3 is 2.45 bits per heavy atom. The summed E-state index contributed by atoms with van der Waals surface area (Å²) >= 11 is 5.85. The van der Waals surface area contributed by atoms with Gasteiger partial charge in [0.05, 0.1) is 0 Å². The van der Waals surface area contributed by atoms with E-state index in [1.54, 1.807) is 24.1 Å². The molecule has 0 bridgehead atoms. The van der Waals surface area contributed by atoms with E-state index in [-0.39, 0.29) is 5.91 Å². The van der Waals surface area contributed by atoms with Crippen LogP contribution in [0.5, 0.6) is 0 Å². The van der Waals surface area contributed by atoms with Gasteiger partial charge in [-0.05, 0) is 48.4 Å². The molecule has 0 saturated heterocycles.